The highest BCUT2D eigenvalue weighted by atomic mass is 28.4. The Kier molecular flexibility index (Phi) is 7.64. The molecule has 0 amide bonds. The quantitative estimate of drug-likeness (QED) is 0.481. The molecule has 0 saturated carbocycles. The Hall–Kier alpha value is -1.57. The van der Waals surface area contributed by atoms with E-state index in [1.54, 1.807) is 7.11 Å². The average molecular weight is 439 g/mol. The van der Waals surface area contributed by atoms with Crippen molar-refractivity contribution in [3.05, 3.63) is 23.8 Å². The highest BCUT2D eigenvalue weighted by Gasteiger charge is 2.51. The molecule has 0 spiro atoms. The van der Waals surface area contributed by atoms with Crippen LogP contribution in [0.2, 0.25) is 18.1 Å². The second kappa shape index (κ2) is 9.28. The summed E-state index contributed by atoms with van der Waals surface area (Å²) in [5.41, 5.74) is 0.0539. The molecule has 2 rings (SSSR count). The van der Waals surface area contributed by atoms with Gasteiger partial charge in [-0.05, 0) is 49.0 Å². The van der Waals surface area contributed by atoms with Crippen LogP contribution < -0.4 is 9.47 Å². The van der Waals surface area contributed by atoms with Crippen LogP contribution in [0.5, 0.6) is 11.5 Å². The molecule has 170 valence electrons. The van der Waals surface area contributed by atoms with E-state index < -0.39 is 20.0 Å². The second-order valence-electron chi connectivity index (χ2n) is 9.82. The molecule has 1 aromatic rings. The summed E-state index contributed by atoms with van der Waals surface area (Å²) in [7, 11) is 0.817. The lowest BCUT2D eigenvalue weighted by Gasteiger charge is -2.49. The summed E-state index contributed by atoms with van der Waals surface area (Å²) in [6.45, 7) is 12.6. The molecule has 3 unspecified atom stereocenters. The molecule has 1 aromatic carbocycles. The molecule has 1 aliphatic heterocycles. The average Bonchev–Trinajstić information content (AvgIpc) is 2.69. The number of hydrogen-bond acceptors (Lipinski definition) is 6. The number of benzene rings is 1. The Morgan fingerprint density at radius 2 is 1.97 bits per heavy atom. The molecule has 30 heavy (non-hydrogen) atoms. The molecule has 0 saturated heterocycles. The number of ether oxygens (including phenoxy) is 3. The lowest BCUT2D eigenvalue weighted by atomic mass is 9.80. The van der Waals surface area contributed by atoms with Crippen LogP contribution in [0.4, 0.5) is 0 Å². The van der Waals surface area contributed by atoms with Gasteiger partial charge in [-0.15, -0.1) is 0 Å². The van der Waals surface area contributed by atoms with Crippen molar-refractivity contribution in [3.63, 3.8) is 0 Å². The molecule has 7 heteroatoms. The molecule has 0 bridgehead atoms. The predicted octanol–water partition coefficient (Wildman–Crippen LogP) is 4.34. The Bertz CT molecular complexity index is 742. The molecule has 0 fully saturated rings. The van der Waals surface area contributed by atoms with Crippen molar-refractivity contribution in [1.29, 1.82) is 0 Å². The van der Waals surface area contributed by atoms with Crippen LogP contribution in [0.3, 0.4) is 0 Å². The fourth-order valence-corrected chi connectivity index (χ4v) is 5.21. The standard InChI is InChI=1S/C23H38O6Si/c1-16(14-20(25)27-6)21(29-30(7,8)22(2,3)4)23(15-24)13-12-17-18(26-5)10-9-11-19(17)28-23/h9-11,16,21,24H,12-15H2,1-8H3. The number of aliphatic hydroxyl groups is 1. The summed E-state index contributed by atoms with van der Waals surface area (Å²) in [5, 5.41) is 10.5. The minimum atomic E-state index is -2.22. The maximum atomic E-state index is 12.1. The first-order valence-corrected chi connectivity index (χ1v) is 13.5. The van der Waals surface area contributed by atoms with Crippen LogP contribution in [-0.2, 0) is 20.4 Å². The Morgan fingerprint density at radius 3 is 2.50 bits per heavy atom. The number of rotatable bonds is 8. The van der Waals surface area contributed by atoms with Gasteiger partial charge in [0.1, 0.15) is 11.5 Å². The summed E-state index contributed by atoms with van der Waals surface area (Å²) in [4.78, 5) is 12.1. The lowest BCUT2D eigenvalue weighted by molar-refractivity contribution is -0.146. The van der Waals surface area contributed by atoms with Crippen LogP contribution in [0.1, 0.15) is 46.1 Å². The number of methoxy groups -OCH3 is 2. The van der Waals surface area contributed by atoms with Gasteiger partial charge in [-0.1, -0.05) is 33.8 Å². The van der Waals surface area contributed by atoms with E-state index in [1.165, 1.54) is 7.11 Å². The van der Waals surface area contributed by atoms with Crippen molar-refractivity contribution in [2.24, 2.45) is 5.92 Å². The van der Waals surface area contributed by atoms with E-state index in [0.717, 1.165) is 11.3 Å². The van der Waals surface area contributed by atoms with Crippen LogP contribution in [-0.4, -0.2) is 51.9 Å². The van der Waals surface area contributed by atoms with E-state index >= 15 is 0 Å². The van der Waals surface area contributed by atoms with Gasteiger partial charge in [0, 0.05) is 5.56 Å². The zero-order valence-corrected chi connectivity index (χ0v) is 20.7. The molecule has 1 heterocycles. The number of carbonyl (C=O) groups excluding carboxylic acids is 1. The monoisotopic (exact) mass is 438 g/mol. The third kappa shape index (κ3) is 5.01. The molecule has 0 aromatic heterocycles. The van der Waals surface area contributed by atoms with Crippen LogP contribution >= 0.6 is 0 Å². The van der Waals surface area contributed by atoms with E-state index in [1.807, 2.05) is 25.1 Å². The number of carbonyl (C=O) groups is 1. The first-order valence-electron chi connectivity index (χ1n) is 10.6. The van der Waals surface area contributed by atoms with Gasteiger partial charge < -0.3 is 23.7 Å². The van der Waals surface area contributed by atoms with Crippen molar-refractivity contribution < 1.29 is 28.5 Å². The lowest BCUT2D eigenvalue weighted by Crippen LogP contribution is -2.60. The van der Waals surface area contributed by atoms with Gasteiger partial charge in [-0.3, -0.25) is 4.79 Å². The molecule has 6 nitrogen and oxygen atoms in total. The third-order valence-corrected chi connectivity index (χ3v) is 11.1. The van der Waals surface area contributed by atoms with Crippen molar-refractivity contribution in [2.75, 3.05) is 20.8 Å². The van der Waals surface area contributed by atoms with Crippen molar-refractivity contribution in [2.45, 2.75) is 76.8 Å². The van der Waals surface area contributed by atoms with Gasteiger partial charge in [-0.25, -0.2) is 0 Å². The summed E-state index contributed by atoms with van der Waals surface area (Å²) in [6.07, 6.45) is 1.01. The maximum Gasteiger partial charge on any atom is 0.305 e. The Morgan fingerprint density at radius 1 is 1.30 bits per heavy atom. The van der Waals surface area contributed by atoms with E-state index in [0.29, 0.717) is 18.6 Å². The molecular formula is C23H38O6Si. The van der Waals surface area contributed by atoms with Gasteiger partial charge in [0.2, 0.25) is 0 Å². The molecule has 3 atom stereocenters. The molecular weight excluding hydrogens is 400 g/mol. The first kappa shape index (κ1) is 24.7. The predicted molar refractivity (Wildman–Crippen MR) is 120 cm³/mol. The zero-order valence-electron chi connectivity index (χ0n) is 19.7. The minimum absolute atomic E-state index is 0.0251. The maximum absolute atomic E-state index is 12.1. The van der Waals surface area contributed by atoms with Gasteiger partial charge in [0.25, 0.3) is 0 Å². The van der Waals surface area contributed by atoms with E-state index in [2.05, 4.69) is 33.9 Å². The van der Waals surface area contributed by atoms with Crippen molar-refractivity contribution in [1.82, 2.24) is 0 Å². The van der Waals surface area contributed by atoms with Gasteiger partial charge in [0.05, 0.1) is 33.4 Å². The summed E-state index contributed by atoms with van der Waals surface area (Å²) < 4.78 is 23.7. The summed E-state index contributed by atoms with van der Waals surface area (Å²) in [6, 6.07) is 5.69. The molecule has 0 aliphatic carbocycles. The van der Waals surface area contributed by atoms with Crippen LogP contribution in [0.25, 0.3) is 0 Å². The molecule has 1 N–H and O–H groups in total. The Balaban J connectivity index is 2.47. The minimum Gasteiger partial charge on any atom is -0.496 e. The number of aliphatic hydroxyl groups excluding tert-OH is 1. The van der Waals surface area contributed by atoms with E-state index in [9.17, 15) is 9.90 Å². The molecule has 1 aliphatic rings. The van der Waals surface area contributed by atoms with Crippen LogP contribution in [0, 0.1) is 5.92 Å². The van der Waals surface area contributed by atoms with E-state index in [-0.39, 0.29) is 30.0 Å². The van der Waals surface area contributed by atoms with Gasteiger partial charge in [0.15, 0.2) is 13.9 Å². The fourth-order valence-electron chi connectivity index (χ4n) is 3.78. The van der Waals surface area contributed by atoms with Crippen molar-refractivity contribution >= 4 is 14.3 Å². The largest absolute Gasteiger partial charge is 0.496 e. The SMILES string of the molecule is COC(=O)CC(C)C(O[Si](C)(C)C(C)(C)C)C1(CO)CCc2c(OC)cccc2O1. The van der Waals surface area contributed by atoms with E-state index in [4.69, 9.17) is 18.6 Å². The highest BCUT2D eigenvalue weighted by molar-refractivity contribution is 6.74. The number of hydrogen-bond donors (Lipinski definition) is 1. The van der Waals surface area contributed by atoms with Gasteiger partial charge >= 0.3 is 5.97 Å². The van der Waals surface area contributed by atoms with Crippen LogP contribution in [0.15, 0.2) is 18.2 Å². The summed E-state index contributed by atoms with van der Waals surface area (Å²) in [5.74, 6) is 0.996. The fraction of sp³-hybridized carbons (Fsp3) is 0.696. The highest BCUT2D eigenvalue weighted by Crippen LogP contribution is 2.45. The molecule has 0 radical (unpaired) electrons. The topological polar surface area (TPSA) is 74.2 Å². The van der Waals surface area contributed by atoms with Gasteiger partial charge in [-0.2, -0.15) is 0 Å². The number of esters is 1. The number of fused-ring (bicyclic) bond motifs is 1. The third-order valence-electron chi connectivity index (χ3n) is 6.67. The zero-order chi connectivity index (χ0) is 22.7. The first-order chi connectivity index (χ1) is 13.9. The Labute approximate surface area is 182 Å². The second-order valence-corrected chi connectivity index (χ2v) is 14.6. The summed E-state index contributed by atoms with van der Waals surface area (Å²) >= 11 is 0. The van der Waals surface area contributed by atoms with Crippen molar-refractivity contribution in [3.8, 4) is 11.5 Å². The normalized spacial score (nSPS) is 21.2. The smallest absolute Gasteiger partial charge is 0.305 e.